The van der Waals surface area contributed by atoms with Gasteiger partial charge in [-0.2, -0.15) is 0 Å². The normalized spacial score (nSPS) is 20.1. The van der Waals surface area contributed by atoms with Gasteiger partial charge in [0.1, 0.15) is 11.6 Å². The molecule has 0 spiro atoms. The van der Waals surface area contributed by atoms with Crippen molar-refractivity contribution in [3.8, 4) is 5.75 Å². The van der Waals surface area contributed by atoms with Gasteiger partial charge in [0.25, 0.3) is 5.91 Å². The molecule has 1 unspecified atom stereocenters. The number of halogens is 2. The highest BCUT2D eigenvalue weighted by Crippen LogP contribution is 2.24. The Morgan fingerprint density at radius 1 is 1.42 bits per heavy atom. The molecule has 0 bridgehead atoms. The molecule has 19 heavy (non-hydrogen) atoms. The van der Waals surface area contributed by atoms with Gasteiger partial charge in [0.15, 0.2) is 0 Å². The number of hydrogen-bond donors (Lipinski definition) is 1. The van der Waals surface area contributed by atoms with Gasteiger partial charge in [-0.3, -0.25) is 4.79 Å². The molecule has 1 heterocycles. The minimum Gasteiger partial charge on any atom is -0.507 e. The summed E-state index contributed by atoms with van der Waals surface area (Å²) in [5.41, 5.74) is 0.137. The Balaban J connectivity index is 2.25. The van der Waals surface area contributed by atoms with Gasteiger partial charge in [-0.15, -0.1) is 11.6 Å². The second-order valence-electron chi connectivity index (χ2n) is 4.82. The van der Waals surface area contributed by atoms with E-state index in [0.29, 0.717) is 12.4 Å². The number of likely N-dealkylation sites (tertiary alicyclic amines) is 1. The lowest BCUT2D eigenvalue weighted by Crippen LogP contribution is -2.41. The second-order valence-corrected chi connectivity index (χ2v) is 5.13. The Morgan fingerprint density at radius 2 is 2.21 bits per heavy atom. The maximum Gasteiger partial charge on any atom is 0.257 e. The third-order valence-electron chi connectivity index (χ3n) is 3.51. The van der Waals surface area contributed by atoms with Crippen LogP contribution in [0.15, 0.2) is 18.2 Å². The van der Waals surface area contributed by atoms with E-state index in [9.17, 15) is 14.3 Å². The van der Waals surface area contributed by atoms with E-state index in [1.165, 1.54) is 12.1 Å². The molecule has 1 atom stereocenters. The van der Waals surface area contributed by atoms with Crippen LogP contribution in [0, 0.1) is 5.82 Å². The lowest BCUT2D eigenvalue weighted by molar-refractivity contribution is 0.0697. The van der Waals surface area contributed by atoms with E-state index < -0.39 is 5.82 Å². The number of nitrogens with zero attached hydrogens (tertiary/aromatic N) is 1. The third kappa shape index (κ3) is 3.18. The number of benzene rings is 1. The Kier molecular flexibility index (Phi) is 4.64. The van der Waals surface area contributed by atoms with Gasteiger partial charge in [0.05, 0.1) is 5.56 Å². The van der Waals surface area contributed by atoms with E-state index in [0.717, 1.165) is 31.7 Å². The van der Waals surface area contributed by atoms with Crippen LogP contribution in [0.4, 0.5) is 4.39 Å². The summed E-state index contributed by atoms with van der Waals surface area (Å²) in [5, 5.41) is 9.70. The first-order valence-corrected chi connectivity index (χ1v) is 7.02. The van der Waals surface area contributed by atoms with Crippen molar-refractivity contribution in [2.24, 2.45) is 0 Å². The number of phenolic OH excluding ortho intramolecular Hbond substituents is 1. The van der Waals surface area contributed by atoms with Gasteiger partial charge >= 0.3 is 0 Å². The van der Waals surface area contributed by atoms with Crippen molar-refractivity contribution in [1.29, 1.82) is 0 Å². The van der Waals surface area contributed by atoms with Crippen molar-refractivity contribution in [2.75, 3.05) is 12.4 Å². The molecular weight excluding hydrogens is 269 g/mol. The molecule has 1 aliphatic heterocycles. The summed E-state index contributed by atoms with van der Waals surface area (Å²) >= 11 is 5.93. The highest BCUT2D eigenvalue weighted by molar-refractivity contribution is 6.18. The summed E-state index contributed by atoms with van der Waals surface area (Å²) < 4.78 is 13.0. The van der Waals surface area contributed by atoms with Gasteiger partial charge in [-0.1, -0.05) is 12.8 Å². The summed E-state index contributed by atoms with van der Waals surface area (Å²) in [6.07, 6.45) is 3.93. The minimum atomic E-state index is -0.557. The molecule has 0 aliphatic carbocycles. The number of amides is 1. The molecule has 5 heteroatoms. The fraction of sp³-hybridized carbons (Fsp3) is 0.500. The Bertz CT molecular complexity index is 467. The molecular formula is C14H17ClFNO2. The van der Waals surface area contributed by atoms with E-state index in [2.05, 4.69) is 0 Å². The van der Waals surface area contributed by atoms with Crippen LogP contribution in [0.3, 0.4) is 0 Å². The Labute approximate surface area is 117 Å². The fourth-order valence-electron chi connectivity index (χ4n) is 2.45. The van der Waals surface area contributed by atoms with Crippen LogP contribution >= 0.6 is 11.6 Å². The summed E-state index contributed by atoms with van der Waals surface area (Å²) in [4.78, 5) is 14.1. The lowest BCUT2D eigenvalue weighted by atomic mass is 10.1. The van der Waals surface area contributed by atoms with Crippen LogP contribution in [-0.4, -0.2) is 34.4 Å². The maximum atomic E-state index is 13.0. The summed E-state index contributed by atoms with van der Waals surface area (Å²) in [6.45, 7) is 0.632. The fourth-order valence-corrected chi connectivity index (χ4v) is 2.77. The van der Waals surface area contributed by atoms with Crippen molar-refractivity contribution in [2.45, 2.75) is 31.7 Å². The Morgan fingerprint density at radius 3 is 2.89 bits per heavy atom. The molecule has 0 radical (unpaired) electrons. The quantitative estimate of drug-likeness (QED) is 0.848. The number of alkyl halides is 1. The van der Waals surface area contributed by atoms with Crippen molar-refractivity contribution in [1.82, 2.24) is 4.90 Å². The number of carbonyl (C=O) groups excluding carboxylic acids is 1. The SMILES string of the molecule is O=C(c1ccc(F)cc1O)N1CCCCCC1CCl. The van der Waals surface area contributed by atoms with E-state index >= 15 is 0 Å². The Hall–Kier alpha value is -1.29. The average Bonchev–Trinajstić information content (AvgIpc) is 2.63. The zero-order valence-electron chi connectivity index (χ0n) is 10.6. The van der Waals surface area contributed by atoms with Crippen LogP contribution in [0.1, 0.15) is 36.0 Å². The topological polar surface area (TPSA) is 40.5 Å². The first kappa shape index (κ1) is 14.1. The second kappa shape index (κ2) is 6.24. The number of hydrogen-bond acceptors (Lipinski definition) is 2. The minimum absolute atomic E-state index is 0.0129. The molecule has 3 nitrogen and oxygen atoms in total. The molecule has 1 saturated heterocycles. The molecule has 2 rings (SSSR count). The maximum absolute atomic E-state index is 13.0. The molecule has 0 saturated carbocycles. The third-order valence-corrected chi connectivity index (χ3v) is 3.86. The predicted octanol–water partition coefficient (Wildman–Crippen LogP) is 3.15. The van der Waals surface area contributed by atoms with Gasteiger partial charge in [0.2, 0.25) is 0 Å². The van der Waals surface area contributed by atoms with Crippen LogP contribution < -0.4 is 0 Å². The van der Waals surface area contributed by atoms with Crippen LogP contribution in [-0.2, 0) is 0 Å². The molecule has 104 valence electrons. The van der Waals surface area contributed by atoms with Crippen LogP contribution in [0.2, 0.25) is 0 Å². The number of rotatable bonds is 2. The largest absolute Gasteiger partial charge is 0.507 e. The molecule has 1 N–H and O–H groups in total. The summed E-state index contributed by atoms with van der Waals surface area (Å²) in [5.74, 6) is -0.764. The van der Waals surface area contributed by atoms with E-state index in [-0.39, 0.29) is 23.3 Å². The molecule has 0 aromatic heterocycles. The summed E-state index contributed by atoms with van der Waals surface area (Å²) in [7, 11) is 0. The van der Waals surface area contributed by atoms with Crippen molar-refractivity contribution < 1.29 is 14.3 Å². The first-order valence-electron chi connectivity index (χ1n) is 6.49. The van der Waals surface area contributed by atoms with E-state index in [1.54, 1.807) is 4.90 Å². The predicted molar refractivity (Wildman–Crippen MR) is 72.1 cm³/mol. The zero-order valence-corrected chi connectivity index (χ0v) is 11.4. The van der Waals surface area contributed by atoms with Crippen LogP contribution in [0.25, 0.3) is 0 Å². The molecule has 1 aromatic rings. The monoisotopic (exact) mass is 285 g/mol. The molecule has 1 aromatic carbocycles. The highest BCUT2D eigenvalue weighted by atomic mass is 35.5. The zero-order chi connectivity index (χ0) is 13.8. The molecule has 1 amide bonds. The first-order chi connectivity index (χ1) is 9.13. The van der Waals surface area contributed by atoms with E-state index in [4.69, 9.17) is 11.6 Å². The van der Waals surface area contributed by atoms with E-state index in [1.807, 2.05) is 0 Å². The molecule has 1 aliphatic rings. The lowest BCUT2D eigenvalue weighted by Gasteiger charge is -2.28. The van der Waals surface area contributed by atoms with Crippen molar-refractivity contribution in [3.63, 3.8) is 0 Å². The average molecular weight is 286 g/mol. The number of aromatic hydroxyl groups is 1. The number of carbonyl (C=O) groups is 1. The van der Waals surface area contributed by atoms with Gasteiger partial charge in [-0.25, -0.2) is 4.39 Å². The summed E-state index contributed by atoms with van der Waals surface area (Å²) in [6, 6.07) is 3.45. The van der Waals surface area contributed by atoms with Gasteiger partial charge in [0, 0.05) is 24.5 Å². The van der Waals surface area contributed by atoms with Gasteiger partial charge < -0.3 is 10.0 Å². The standard InChI is InChI=1S/C14H17ClFNO2/c15-9-11-4-2-1-3-7-17(11)14(19)12-6-5-10(16)8-13(12)18/h5-6,8,11,18H,1-4,7,9H2. The van der Waals surface area contributed by atoms with Crippen LogP contribution in [0.5, 0.6) is 5.75 Å². The molecule has 1 fully saturated rings. The van der Waals surface area contributed by atoms with Gasteiger partial charge in [-0.05, 0) is 25.0 Å². The highest BCUT2D eigenvalue weighted by Gasteiger charge is 2.27. The van der Waals surface area contributed by atoms with Crippen molar-refractivity contribution >= 4 is 17.5 Å². The number of phenols is 1. The van der Waals surface area contributed by atoms with Crippen molar-refractivity contribution in [3.05, 3.63) is 29.6 Å². The smallest absolute Gasteiger partial charge is 0.257 e.